The van der Waals surface area contributed by atoms with Gasteiger partial charge in [0.05, 0.1) is 7.11 Å². The first kappa shape index (κ1) is 20.4. The van der Waals surface area contributed by atoms with Gasteiger partial charge in [-0.3, -0.25) is 4.79 Å². The number of rotatable bonds is 5. The van der Waals surface area contributed by atoms with Crippen LogP contribution in [0.3, 0.4) is 0 Å². The van der Waals surface area contributed by atoms with Crippen LogP contribution in [0.25, 0.3) is 0 Å². The highest BCUT2D eigenvalue weighted by atomic mass is 19.3. The molecule has 0 saturated carbocycles. The molecule has 0 aliphatic carbocycles. The molecule has 0 spiro atoms. The van der Waals surface area contributed by atoms with E-state index in [1.165, 1.54) is 25.3 Å². The fourth-order valence-corrected chi connectivity index (χ4v) is 3.01. The summed E-state index contributed by atoms with van der Waals surface area (Å²) in [5, 5.41) is 2.82. The van der Waals surface area contributed by atoms with E-state index in [0.29, 0.717) is 37.4 Å². The van der Waals surface area contributed by atoms with Gasteiger partial charge in [-0.05, 0) is 30.3 Å². The largest absolute Gasteiger partial charge is 0.493 e. The van der Waals surface area contributed by atoms with Crippen LogP contribution in [0.1, 0.15) is 10.4 Å². The predicted molar refractivity (Wildman–Crippen MR) is 103 cm³/mol. The number of hydrogen-bond acceptors (Lipinski definition) is 4. The maximum absolute atomic E-state index is 12.7. The minimum atomic E-state index is -2.99. The molecule has 3 amide bonds. The van der Waals surface area contributed by atoms with Crippen molar-refractivity contribution in [3.63, 3.8) is 0 Å². The topological polar surface area (TPSA) is 71.1 Å². The number of ether oxygens (including phenoxy) is 2. The van der Waals surface area contributed by atoms with Gasteiger partial charge in [-0.1, -0.05) is 18.2 Å². The van der Waals surface area contributed by atoms with Crippen LogP contribution < -0.4 is 14.8 Å². The molecule has 154 valence electrons. The van der Waals surface area contributed by atoms with Gasteiger partial charge >= 0.3 is 12.6 Å². The van der Waals surface area contributed by atoms with E-state index in [-0.39, 0.29) is 23.4 Å². The first-order valence-corrected chi connectivity index (χ1v) is 9.01. The summed E-state index contributed by atoms with van der Waals surface area (Å²) in [5.41, 5.74) is 1.000. The van der Waals surface area contributed by atoms with Gasteiger partial charge < -0.3 is 24.6 Å². The number of para-hydroxylation sites is 1. The van der Waals surface area contributed by atoms with E-state index in [0.717, 1.165) is 0 Å². The lowest BCUT2D eigenvalue weighted by Gasteiger charge is -2.34. The molecule has 2 aromatic rings. The first-order valence-electron chi connectivity index (χ1n) is 9.01. The molecule has 1 fully saturated rings. The van der Waals surface area contributed by atoms with E-state index in [1.54, 1.807) is 21.9 Å². The zero-order valence-corrected chi connectivity index (χ0v) is 15.8. The number of amides is 3. The molecule has 1 heterocycles. The van der Waals surface area contributed by atoms with Gasteiger partial charge in [0.15, 0.2) is 11.5 Å². The Kier molecular flexibility index (Phi) is 6.48. The van der Waals surface area contributed by atoms with E-state index in [9.17, 15) is 18.4 Å². The molecule has 1 saturated heterocycles. The molecular weight excluding hydrogens is 384 g/mol. The van der Waals surface area contributed by atoms with E-state index in [1.807, 2.05) is 18.2 Å². The van der Waals surface area contributed by atoms with Gasteiger partial charge in [-0.25, -0.2) is 4.79 Å². The Morgan fingerprint density at radius 3 is 2.24 bits per heavy atom. The van der Waals surface area contributed by atoms with Crippen molar-refractivity contribution in [2.24, 2.45) is 0 Å². The molecule has 0 aromatic heterocycles. The molecule has 9 heteroatoms. The molecule has 2 aromatic carbocycles. The Hall–Kier alpha value is -3.36. The molecule has 3 rings (SSSR count). The second-order valence-electron chi connectivity index (χ2n) is 6.32. The maximum Gasteiger partial charge on any atom is 0.387 e. The SMILES string of the molecule is COc1cc(C(=O)N2CCN(C(=O)Nc3ccccc3)CC2)ccc1OC(F)F. The van der Waals surface area contributed by atoms with Crippen LogP contribution in [0.2, 0.25) is 0 Å². The van der Waals surface area contributed by atoms with E-state index in [4.69, 9.17) is 4.74 Å². The zero-order chi connectivity index (χ0) is 20.8. The van der Waals surface area contributed by atoms with Crippen molar-refractivity contribution in [2.75, 3.05) is 38.6 Å². The number of carbonyl (C=O) groups excluding carboxylic acids is 2. The molecule has 1 aliphatic rings. The molecular formula is C20H21F2N3O4. The minimum Gasteiger partial charge on any atom is -0.493 e. The summed E-state index contributed by atoms with van der Waals surface area (Å²) in [6.07, 6.45) is 0. The lowest BCUT2D eigenvalue weighted by molar-refractivity contribution is -0.0512. The molecule has 0 atom stereocenters. The normalized spacial score (nSPS) is 13.9. The molecule has 7 nitrogen and oxygen atoms in total. The highest BCUT2D eigenvalue weighted by molar-refractivity contribution is 5.95. The van der Waals surface area contributed by atoms with Crippen molar-refractivity contribution in [3.05, 3.63) is 54.1 Å². The van der Waals surface area contributed by atoms with Crippen LogP contribution in [0, 0.1) is 0 Å². The lowest BCUT2D eigenvalue weighted by atomic mass is 10.1. The van der Waals surface area contributed by atoms with Crippen LogP contribution in [0.4, 0.5) is 19.3 Å². The number of piperazine rings is 1. The summed E-state index contributed by atoms with van der Waals surface area (Å²) in [6, 6.07) is 13.0. The standard InChI is InChI=1S/C20H21F2N3O4/c1-28-17-13-14(7-8-16(17)29-19(21)22)18(26)24-9-11-25(12-10-24)20(27)23-15-5-3-2-4-6-15/h2-8,13,19H,9-12H2,1H3,(H,23,27). The summed E-state index contributed by atoms with van der Waals surface area (Å²) in [4.78, 5) is 28.3. The number of urea groups is 1. The van der Waals surface area contributed by atoms with Gasteiger partial charge in [0.2, 0.25) is 0 Å². The predicted octanol–water partition coefficient (Wildman–Crippen LogP) is 3.29. The van der Waals surface area contributed by atoms with Crippen molar-refractivity contribution in [2.45, 2.75) is 6.61 Å². The average molecular weight is 405 g/mol. The van der Waals surface area contributed by atoms with Gasteiger partial charge in [0, 0.05) is 37.4 Å². The summed E-state index contributed by atoms with van der Waals surface area (Å²) in [5.74, 6) is -0.353. The smallest absolute Gasteiger partial charge is 0.387 e. The Morgan fingerprint density at radius 2 is 1.62 bits per heavy atom. The molecule has 1 aliphatic heterocycles. The monoisotopic (exact) mass is 405 g/mol. The van der Waals surface area contributed by atoms with E-state index < -0.39 is 6.61 Å². The summed E-state index contributed by atoms with van der Waals surface area (Å²) >= 11 is 0. The second-order valence-corrected chi connectivity index (χ2v) is 6.32. The third-order valence-corrected chi connectivity index (χ3v) is 4.51. The van der Waals surface area contributed by atoms with Crippen LogP contribution >= 0.6 is 0 Å². The number of nitrogens with one attached hydrogen (secondary N) is 1. The van der Waals surface area contributed by atoms with Gasteiger partial charge in [0.1, 0.15) is 0 Å². The van der Waals surface area contributed by atoms with E-state index >= 15 is 0 Å². The summed E-state index contributed by atoms with van der Waals surface area (Å²) in [6.45, 7) is -1.50. The van der Waals surface area contributed by atoms with E-state index in [2.05, 4.69) is 10.1 Å². The van der Waals surface area contributed by atoms with Crippen LogP contribution in [0.15, 0.2) is 48.5 Å². The average Bonchev–Trinajstić information content (AvgIpc) is 2.74. The fourth-order valence-electron chi connectivity index (χ4n) is 3.01. The minimum absolute atomic E-state index is 0.0528. The molecule has 0 unspecified atom stereocenters. The number of nitrogens with zero attached hydrogens (tertiary/aromatic N) is 2. The van der Waals surface area contributed by atoms with Gasteiger partial charge in [0.25, 0.3) is 5.91 Å². The van der Waals surface area contributed by atoms with Crippen molar-refractivity contribution < 1.29 is 27.8 Å². The molecule has 1 N–H and O–H groups in total. The number of methoxy groups -OCH3 is 1. The maximum atomic E-state index is 12.7. The van der Waals surface area contributed by atoms with Gasteiger partial charge in [-0.15, -0.1) is 0 Å². The number of benzene rings is 2. The highest BCUT2D eigenvalue weighted by Gasteiger charge is 2.25. The number of hydrogen-bond donors (Lipinski definition) is 1. The Balaban J connectivity index is 1.59. The number of halogens is 2. The van der Waals surface area contributed by atoms with Crippen LogP contribution in [-0.2, 0) is 0 Å². The molecule has 0 bridgehead atoms. The zero-order valence-electron chi connectivity index (χ0n) is 15.8. The third-order valence-electron chi connectivity index (χ3n) is 4.51. The number of alkyl halides is 2. The van der Waals surface area contributed by atoms with Crippen molar-refractivity contribution in [3.8, 4) is 11.5 Å². The Labute approximate surface area is 166 Å². The Morgan fingerprint density at radius 1 is 0.966 bits per heavy atom. The third kappa shape index (κ3) is 5.13. The van der Waals surface area contributed by atoms with Gasteiger partial charge in [-0.2, -0.15) is 8.78 Å². The number of anilines is 1. The van der Waals surface area contributed by atoms with Crippen LogP contribution in [-0.4, -0.2) is 61.6 Å². The second kappa shape index (κ2) is 9.22. The fraction of sp³-hybridized carbons (Fsp3) is 0.300. The molecule has 29 heavy (non-hydrogen) atoms. The molecule has 0 radical (unpaired) electrons. The lowest BCUT2D eigenvalue weighted by Crippen LogP contribution is -2.51. The number of carbonyl (C=O) groups is 2. The quantitative estimate of drug-likeness (QED) is 0.829. The Bertz CT molecular complexity index is 856. The van der Waals surface area contributed by atoms with Crippen molar-refractivity contribution >= 4 is 17.6 Å². The summed E-state index contributed by atoms with van der Waals surface area (Å²) < 4.78 is 34.3. The first-order chi connectivity index (χ1) is 14.0. The summed E-state index contributed by atoms with van der Waals surface area (Å²) in [7, 11) is 1.31. The van der Waals surface area contributed by atoms with Crippen LogP contribution in [0.5, 0.6) is 11.5 Å². The van der Waals surface area contributed by atoms with Crippen molar-refractivity contribution in [1.82, 2.24) is 9.80 Å². The highest BCUT2D eigenvalue weighted by Crippen LogP contribution is 2.30. The van der Waals surface area contributed by atoms with Crippen molar-refractivity contribution in [1.29, 1.82) is 0 Å².